The summed E-state index contributed by atoms with van der Waals surface area (Å²) >= 11 is 0. The van der Waals surface area contributed by atoms with E-state index in [0.29, 0.717) is 12.6 Å². The van der Waals surface area contributed by atoms with E-state index < -0.39 is 19.2 Å². The minimum Gasteiger partial charge on any atom is -0.477 e. The Kier molecular flexibility index (Phi) is 6.45. The van der Waals surface area contributed by atoms with Gasteiger partial charge in [-0.25, -0.2) is 4.98 Å². The maximum absolute atomic E-state index is 12.1. The Morgan fingerprint density at radius 1 is 1.19 bits per heavy atom. The molecule has 1 aromatic heterocycles. The first kappa shape index (κ1) is 17.8. The normalized spacial score (nSPS) is 12.2. The molecule has 1 aromatic rings. The van der Waals surface area contributed by atoms with Gasteiger partial charge >= 0.3 is 6.18 Å². The van der Waals surface area contributed by atoms with E-state index in [1.807, 2.05) is 33.8 Å². The van der Waals surface area contributed by atoms with Crippen molar-refractivity contribution in [3.8, 4) is 5.88 Å². The molecule has 21 heavy (non-hydrogen) atoms. The molecule has 0 radical (unpaired) electrons. The minimum atomic E-state index is -4.21. The second kappa shape index (κ2) is 7.64. The van der Waals surface area contributed by atoms with E-state index in [1.165, 1.54) is 0 Å². The van der Waals surface area contributed by atoms with Crippen LogP contribution < -0.4 is 10.1 Å². The van der Waals surface area contributed by atoms with Crippen molar-refractivity contribution in [3.05, 3.63) is 23.4 Å². The molecule has 0 amide bonds. The van der Waals surface area contributed by atoms with Crippen LogP contribution in [0.25, 0.3) is 0 Å². The summed E-state index contributed by atoms with van der Waals surface area (Å²) < 4.78 is 41.6. The summed E-state index contributed by atoms with van der Waals surface area (Å²) in [6.07, 6.45) is -5.18. The van der Waals surface area contributed by atoms with Crippen molar-refractivity contribution in [1.82, 2.24) is 10.3 Å². The lowest BCUT2D eigenvalue weighted by Crippen LogP contribution is -2.22. The topological polar surface area (TPSA) is 34.1 Å². The highest BCUT2D eigenvalue weighted by Crippen LogP contribution is 2.22. The zero-order chi connectivity index (χ0) is 16.0. The van der Waals surface area contributed by atoms with Crippen molar-refractivity contribution in [2.45, 2.75) is 58.8 Å². The van der Waals surface area contributed by atoms with Crippen molar-refractivity contribution in [1.29, 1.82) is 0 Å². The molecule has 0 unspecified atom stereocenters. The van der Waals surface area contributed by atoms with E-state index in [-0.39, 0.29) is 11.8 Å². The monoisotopic (exact) mass is 304 g/mol. The molecule has 1 heterocycles. The summed E-state index contributed by atoms with van der Waals surface area (Å²) in [5, 5.41) is 3.27. The zero-order valence-corrected chi connectivity index (χ0v) is 12.9. The summed E-state index contributed by atoms with van der Waals surface area (Å²) in [6, 6.07) is 3.98. The first-order valence-corrected chi connectivity index (χ1v) is 7.11. The van der Waals surface area contributed by atoms with Crippen LogP contribution >= 0.6 is 0 Å². The number of ether oxygens (including phenoxy) is 1. The van der Waals surface area contributed by atoms with Crippen molar-refractivity contribution >= 4 is 0 Å². The summed E-state index contributed by atoms with van der Waals surface area (Å²) in [5.41, 5.74) is 1.78. The van der Waals surface area contributed by atoms with E-state index >= 15 is 0 Å². The third-order valence-electron chi connectivity index (χ3n) is 2.82. The summed E-state index contributed by atoms with van der Waals surface area (Å²) in [5.74, 6) is 0.444. The van der Waals surface area contributed by atoms with Crippen molar-refractivity contribution < 1.29 is 17.9 Å². The standard InChI is InChI=1S/C15H23F3N2O/c1-10(2)13-7-12(9-19-11(3)4)8-14(20-13)21-6-5-15(16,17)18/h7-8,10-11,19H,5-6,9H2,1-4H3. The highest BCUT2D eigenvalue weighted by Gasteiger charge is 2.27. The van der Waals surface area contributed by atoms with Crippen LogP contribution in [0.5, 0.6) is 5.88 Å². The van der Waals surface area contributed by atoms with Gasteiger partial charge in [0.25, 0.3) is 0 Å². The lowest BCUT2D eigenvalue weighted by Gasteiger charge is -2.14. The van der Waals surface area contributed by atoms with Crippen LogP contribution in [0.2, 0.25) is 0 Å². The largest absolute Gasteiger partial charge is 0.477 e. The van der Waals surface area contributed by atoms with Gasteiger partial charge in [-0.3, -0.25) is 0 Å². The molecule has 0 aromatic carbocycles. The van der Waals surface area contributed by atoms with E-state index in [1.54, 1.807) is 6.07 Å². The number of rotatable bonds is 7. The third kappa shape index (κ3) is 7.32. The molecule has 0 saturated carbocycles. The molecule has 0 aliphatic carbocycles. The van der Waals surface area contributed by atoms with Gasteiger partial charge in [0.1, 0.15) is 0 Å². The number of nitrogens with one attached hydrogen (secondary N) is 1. The summed E-state index contributed by atoms with van der Waals surface area (Å²) in [7, 11) is 0. The molecule has 0 saturated heterocycles. The molecule has 3 nitrogen and oxygen atoms in total. The molecular formula is C15H23F3N2O. The number of alkyl halides is 3. The Hall–Kier alpha value is -1.30. The molecule has 120 valence electrons. The zero-order valence-electron chi connectivity index (χ0n) is 12.9. The Balaban J connectivity index is 2.77. The SMILES string of the molecule is CC(C)NCc1cc(OCCC(F)(F)F)nc(C(C)C)c1. The smallest absolute Gasteiger partial charge is 0.392 e. The molecule has 0 aliphatic heterocycles. The fourth-order valence-electron chi connectivity index (χ4n) is 1.65. The maximum atomic E-state index is 12.1. The molecule has 0 atom stereocenters. The van der Waals surface area contributed by atoms with Gasteiger partial charge in [0.05, 0.1) is 13.0 Å². The average Bonchev–Trinajstić information content (AvgIpc) is 2.34. The van der Waals surface area contributed by atoms with Crippen LogP contribution in [0.4, 0.5) is 13.2 Å². The predicted molar refractivity (Wildman–Crippen MR) is 76.5 cm³/mol. The highest BCUT2D eigenvalue weighted by molar-refractivity contribution is 5.26. The second-order valence-corrected chi connectivity index (χ2v) is 5.64. The van der Waals surface area contributed by atoms with Gasteiger partial charge in [-0.05, 0) is 17.5 Å². The Bertz CT molecular complexity index is 445. The van der Waals surface area contributed by atoms with E-state index in [0.717, 1.165) is 11.3 Å². The van der Waals surface area contributed by atoms with Crippen molar-refractivity contribution in [2.75, 3.05) is 6.61 Å². The van der Waals surface area contributed by atoms with E-state index in [2.05, 4.69) is 10.3 Å². The molecule has 0 fully saturated rings. The quantitative estimate of drug-likeness (QED) is 0.825. The Morgan fingerprint density at radius 2 is 1.86 bits per heavy atom. The molecule has 0 aliphatic rings. The fraction of sp³-hybridized carbons (Fsp3) is 0.667. The number of hydrogen-bond acceptors (Lipinski definition) is 3. The van der Waals surface area contributed by atoms with Gasteiger partial charge < -0.3 is 10.1 Å². The third-order valence-corrected chi connectivity index (χ3v) is 2.82. The fourth-order valence-corrected chi connectivity index (χ4v) is 1.65. The van der Waals surface area contributed by atoms with Gasteiger partial charge in [0.2, 0.25) is 5.88 Å². The lowest BCUT2D eigenvalue weighted by molar-refractivity contribution is -0.139. The number of aromatic nitrogens is 1. The first-order valence-electron chi connectivity index (χ1n) is 7.11. The minimum absolute atomic E-state index is 0.189. The van der Waals surface area contributed by atoms with Gasteiger partial charge in [0.15, 0.2) is 0 Å². The van der Waals surface area contributed by atoms with Gasteiger partial charge in [-0.1, -0.05) is 27.7 Å². The van der Waals surface area contributed by atoms with Crippen LogP contribution in [0.15, 0.2) is 12.1 Å². The first-order chi connectivity index (χ1) is 9.67. The Morgan fingerprint density at radius 3 is 2.38 bits per heavy atom. The van der Waals surface area contributed by atoms with E-state index in [9.17, 15) is 13.2 Å². The van der Waals surface area contributed by atoms with E-state index in [4.69, 9.17) is 4.74 Å². The van der Waals surface area contributed by atoms with Crippen molar-refractivity contribution in [3.63, 3.8) is 0 Å². The highest BCUT2D eigenvalue weighted by atomic mass is 19.4. The maximum Gasteiger partial charge on any atom is 0.392 e. The van der Waals surface area contributed by atoms with Crippen LogP contribution in [-0.4, -0.2) is 23.8 Å². The number of hydrogen-bond donors (Lipinski definition) is 1. The van der Waals surface area contributed by atoms with Crippen molar-refractivity contribution in [2.24, 2.45) is 0 Å². The molecule has 1 rings (SSSR count). The summed E-state index contributed by atoms with van der Waals surface area (Å²) in [4.78, 5) is 4.26. The lowest BCUT2D eigenvalue weighted by atomic mass is 10.1. The summed E-state index contributed by atoms with van der Waals surface area (Å²) in [6.45, 7) is 8.27. The molecule has 0 bridgehead atoms. The van der Waals surface area contributed by atoms with Gasteiger partial charge in [0, 0.05) is 24.3 Å². The predicted octanol–water partition coefficient (Wildman–Crippen LogP) is 4.03. The second-order valence-electron chi connectivity index (χ2n) is 5.64. The number of halogens is 3. The Labute approximate surface area is 123 Å². The molecule has 6 heteroatoms. The molecule has 0 spiro atoms. The van der Waals surface area contributed by atoms with Crippen LogP contribution in [0.1, 0.15) is 51.3 Å². The van der Waals surface area contributed by atoms with Gasteiger partial charge in [-0.2, -0.15) is 13.2 Å². The number of nitrogens with zero attached hydrogens (tertiary/aromatic N) is 1. The van der Waals surface area contributed by atoms with Crippen LogP contribution in [0.3, 0.4) is 0 Å². The van der Waals surface area contributed by atoms with Crippen LogP contribution in [0, 0.1) is 0 Å². The molecular weight excluding hydrogens is 281 g/mol. The number of pyridine rings is 1. The molecule has 1 N–H and O–H groups in total. The van der Waals surface area contributed by atoms with Crippen LogP contribution in [-0.2, 0) is 6.54 Å². The van der Waals surface area contributed by atoms with Gasteiger partial charge in [-0.15, -0.1) is 0 Å². The average molecular weight is 304 g/mol.